The summed E-state index contributed by atoms with van der Waals surface area (Å²) in [6, 6.07) is 5.56. The van der Waals surface area contributed by atoms with Crippen LogP contribution < -0.4 is 10.6 Å². The monoisotopic (exact) mass is 279 g/mol. The van der Waals surface area contributed by atoms with Crippen LogP contribution in [0.15, 0.2) is 24.3 Å². The Morgan fingerprint density at radius 1 is 1.35 bits per heavy atom. The third kappa shape index (κ3) is 3.31. The summed E-state index contributed by atoms with van der Waals surface area (Å²) >= 11 is 0. The minimum Gasteiger partial charge on any atom is -0.354 e. The summed E-state index contributed by atoms with van der Waals surface area (Å²) in [5, 5.41) is 4.93. The molecule has 20 heavy (non-hydrogen) atoms. The number of imide groups is 1. The predicted octanol–water partition coefficient (Wildman–Crippen LogP) is 0.0362. The van der Waals surface area contributed by atoms with Gasteiger partial charge in [0.1, 0.15) is 5.82 Å². The average Bonchev–Trinajstić information content (AvgIpc) is 2.73. The van der Waals surface area contributed by atoms with Gasteiger partial charge in [-0.3, -0.25) is 14.5 Å². The van der Waals surface area contributed by atoms with E-state index in [1.54, 1.807) is 12.1 Å². The summed E-state index contributed by atoms with van der Waals surface area (Å²) in [4.78, 5) is 35.2. The van der Waals surface area contributed by atoms with E-state index in [-0.39, 0.29) is 37.9 Å². The number of hydrogen-bond donors (Lipinski definition) is 2. The van der Waals surface area contributed by atoms with Crippen LogP contribution in [0.25, 0.3) is 0 Å². The maximum Gasteiger partial charge on any atom is 0.324 e. The van der Waals surface area contributed by atoms with Crippen molar-refractivity contribution in [1.29, 1.82) is 0 Å². The van der Waals surface area contributed by atoms with E-state index in [9.17, 15) is 18.8 Å². The number of rotatable bonds is 5. The second kappa shape index (κ2) is 6.14. The van der Waals surface area contributed by atoms with Crippen LogP contribution in [0.5, 0.6) is 0 Å². The standard InChI is InChI=1S/C13H14FN3O3/c14-10-4-2-1-3-9(10)7-11(18)15-5-6-17-12(19)8-16-13(17)20/h1-4H,5-8H2,(H,15,18)(H,16,20). The SMILES string of the molecule is O=C(Cc1ccccc1F)NCCN1C(=O)CNC1=O. The van der Waals surface area contributed by atoms with Gasteiger partial charge in [-0.2, -0.15) is 0 Å². The first-order chi connectivity index (χ1) is 9.58. The van der Waals surface area contributed by atoms with E-state index < -0.39 is 11.8 Å². The van der Waals surface area contributed by atoms with E-state index in [4.69, 9.17) is 0 Å². The van der Waals surface area contributed by atoms with Gasteiger partial charge in [-0.25, -0.2) is 9.18 Å². The van der Waals surface area contributed by atoms with Crippen molar-refractivity contribution in [2.75, 3.05) is 19.6 Å². The highest BCUT2D eigenvalue weighted by Gasteiger charge is 2.27. The Morgan fingerprint density at radius 2 is 2.10 bits per heavy atom. The van der Waals surface area contributed by atoms with Crippen LogP contribution in [0.1, 0.15) is 5.56 Å². The van der Waals surface area contributed by atoms with Crippen LogP contribution in [0.2, 0.25) is 0 Å². The summed E-state index contributed by atoms with van der Waals surface area (Å²) in [6.45, 7) is 0.238. The Bertz CT molecular complexity index is 531. The van der Waals surface area contributed by atoms with E-state index in [0.29, 0.717) is 5.56 Å². The molecule has 0 atom stereocenters. The second-order valence-electron chi connectivity index (χ2n) is 4.32. The lowest BCUT2D eigenvalue weighted by molar-refractivity contribution is -0.125. The number of amides is 4. The van der Waals surface area contributed by atoms with Crippen molar-refractivity contribution in [2.45, 2.75) is 6.42 Å². The molecule has 0 spiro atoms. The fraction of sp³-hybridized carbons (Fsp3) is 0.308. The van der Waals surface area contributed by atoms with Crippen LogP contribution >= 0.6 is 0 Å². The molecular weight excluding hydrogens is 265 g/mol. The molecule has 0 bridgehead atoms. The molecule has 1 saturated heterocycles. The molecule has 1 aromatic rings. The molecule has 0 radical (unpaired) electrons. The van der Waals surface area contributed by atoms with E-state index in [1.807, 2.05) is 0 Å². The number of nitrogens with one attached hydrogen (secondary N) is 2. The first-order valence-corrected chi connectivity index (χ1v) is 6.16. The molecule has 1 fully saturated rings. The minimum absolute atomic E-state index is 0.0119. The lowest BCUT2D eigenvalue weighted by atomic mass is 10.1. The topological polar surface area (TPSA) is 78.5 Å². The Kier molecular flexibility index (Phi) is 4.29. The Balaban J connectivity index is 1.77. The van der Waals surface area contributed by atoms with E-state index in [2.05, 4.69) is 10.6 Å². The molecule has 0 aliphatic carbocycles. The molecular formula is C13H14FN3O3. The van der Waals surface area contributed by atoms with E-state index in [0.717, 1.165) is 4.90 Å². The third-order valence-corrected chi connectivity index (χ3v) is 2.90. The van der Waals surface area contributed by atoms with Crippen molar-refractivity contribution >= 4 is 17.8 Å². The smallest absolute Gasteiger partial charge is 0.324 e. The normalized spacial score (nSPS) is 14.3. The van der Waals surface area contributed by atoms with Gasteiger partial charge in [-0.1, -0.05) is 18.2 Å². The van der Waals surface area contributed by atoms with Crippen LogP contribution in [-0.2, 0) is 16.0 Å². The number of hydrogen-bond acceptors (Lipinski definition) is 3. The maximum atomic E-state index is 13.3. The average molecular weight is 279 g/mol. The van der Waals surface area contributed by atoms with Gasteiger partial charge in [0.2, 0.25) is 11.8 Å². The van der Waals surface area contributed by atoms with E-state index >= 15 is 0 Å². The molecule has 0 saturated carbocycles. The van der Waals surface area contributed by atoms with Gasteiger partial charge in [0.15, 0.2) is 0 Å². The highest BCUT2D eigenvalue weighted by molar-refractivity contribution is 6.01. The summed E-state index contributed by atoms with van der Waals surface area (Å²) in [6.07, 6.45) is -0.0766. The molecule has 1 aliphatic heterocycles. The number of carbonyl (C=O) groups excluding carboxylic acids is 3. The highest BCUT2D eigenvalue weighted by Crippen LogP contribution is 2.06. The summed E-state index contributed by atoms with van der Waals surface area (Å²) in [5.74, 6) is -1.11. The molecule has 6 nitrogen and oxygen atoms in total. The van der Waals surface area contributed by atoms with Gasteiger partial charge < -0.3 is 10.6 Å². The number of urea groups is 1. The summed E-state index contributed by atoms with van der Waals surface area (Å²) in [5.41, 5.74) is 0.306. The molecule has 2 N–H and O–H groups in total. The van der Waals surface area contributed by atoms with Crippen molar-refractivity contribution in [2.24, 2.45) is 0 Å². The van der Waals surface area contributed by atoms with Gasteiger partial charge in [-0.05, 0) is 11.6 Å². The van der Waals surface area contributed by atoms with Gasteiger partial charge in [-0.15, -0.1) is 0 Å². The number of halogens is 1. The van der Waals surface area contributed by atoms with E-state index in [1.165, 1.54) is 12.1 Å². The molecule has 1 aromatic carbocycles. The van der Waals surface area contributed by atoms with Gasteiger partial charge >= 0.3 is 6.03 Å². The van der Waals surface area contributed by atoms with Crippen molar-refractivity contribution in [3.63, 3.8) is 0 Å². The fourth-order valence-corrected chi connectivity index (χ4v) is 1.87. The van der Waals surface area contributed by atoms with Crippen molar-refractivity contribution in [3.05, 3.63) is 35.6 Å². The lowest BCUT2D eigenvalue weighted by Gasteiger charge is -2.12. The minimum atomic E-state index is -0.460. The molecule has 7 heteroatoms. The Hall–Kier alpha value is -2.44. The zero-order valence-electron chi connectivity index (χ0n) is 10.7. The zero-order valence-corrected chi connectivity index (χ0v) is 10.7. The molecule has 1 heterocycles. The van der Waals surface area contributed by atoms with Crippen LogP contribution in [0, 0.1) is 5.82 Å². The fourth-order valence-electron chi connectivity index (χ4n) is 1.87. The van der Waals surface area contributed by atoms with Crippen molar-refractivity contribution < 1.29 is 18.8 Å². The van der Waals surface area contributed by atoms with Gasteiger partial charge in [0, 0.05) is 13.1 Å². The molecule has 2 rings (SSSR count). The largest absolute Gasteiger partial charge is 0.354 e. The number of nitrogens with zero attached hydrogens (tertiary/aromatic N) is 1. The van der Waals surface area contributed by atoms with Gasteiger partial charge in [0.05, 0.1) is 13.0 Å². The number of benzene rings is 1. The van der Waals surface area contributed by atoms with Crippen LogP contribution in [0.4, 0.5) is 9.18 Å². The summed E-state index contributed by atoms with van der Waals surface area (Å²) in [7, 11) is 0. The zero-order chi connectivity index (χ0) is 14.5. The first kappa shape index (κ1) is 14.0. The molecule has 106 valence electrons. The number of carbonyl (C=O) groups is 3. The van der Waals surface area contributed by atoms with Gasteiger partial charge in [0.25, 0.3) is 0 Å². The Morgan fingerprint density at radius 3 is 2.75 bits per heavy atom. The van der Waals surface area contributed by atoms with Crippen LogP contribution in [0.3, 0.4) is 0 Å². The molecule has 4 amide bonds. The molecule has 0 aromatic heterocycles. The molecule has 0 unspecified atom stereocenters. The third-order valence-electron chi connectivity index (χ3n) is 2.90. The van der Waals surface area contributed by atoms with Crippen molar-refractivity contribution in [3.8, 4) is 0 Å². The summed E-state index contributed by atoms with van der Waals surface area (Å²) < 4.78 is 13.3. The quantitative estimate of drug-likeness (QED) is 0.747. The Labute approximate surface area is 114 Å². The van der Waals surface area contributed by atoms with Crippen molar-refractivity contribution in [1.82, 2.24) is 15.5 Å². The lowest BCUT2D eigenvalue weighted by Crippen LogP contribution is -2.39. The predicted molar refractivity (Wildman–Crippen MR) is 68.2 cm³/mol. The highest BCUT2D eigenvalue weighted by atomic mass is 19.1. The molecule has 1 aliphatic rings. The second-order valence-corrected chi connectivity index (χ2v) is 4.32. The first-order valence-electron chi connectivity index (χ1n) is 6.16. The maximum absolute atomic E-state index is 13.3. The van der Waals surface area contributed by atoms with Crippen LogP contribution in [-0.4, -0.2) is 42.4 Å².